The molecule has 2 aromatic carbocycles. The summed E-state index contributed by atoms with van der Waals surface area (Å²) < 4.78 is 11.9. The van der Waals surface area contributed by atoms with E-state index in [1.807, 2.05) is 48.5 Å². The van der Waals surface area contributed by atoms with Crippen LogP contribution in [0.5, 0.6) is 11.5 Å². The first-order valence-electron chi connectivity index (χ1n) is 12.7. The van der Waals surface area contributed by atoms with Crippen LogP contribution >= 0.6 is 24.0 Å². The molecule has 2 unspecified atom stereocenters. The van der Waals surface area contributed by atoms with Crippen LogP contribution in [-0.2, 0) is 16.0 Å². The van der Waals surface area contributed by atoms with Gasteiger partial charge in [-0.25, -0.2) is 4.79 Å². The third-order valence-electron chi connectivity index (χ3n) is 6.22. The molecular weight excluding hydrogens is 506 g/mol. The van der Waals surface area contributed by atoms with E-state index in [-0.39, 0.29) is 16.8 Å². The number of rotatable bonds is 14. The van der Waals surface area contributed by atoms with Gasteiger partial charge in [0.1, 0.15) is 10.4 Å². The molecule has 3 rings (SSSR count). The zero-order chi connectivity index (χ0) is 26.8. The Hall–Kier alpha value is -2.84. The lowest BCUT2D eigenvalue weighted by Gasteiger charge is -2.23. The average molecular weight is 542 g/mol. The van der Waals surface area contributed by atoms with Crippen LogP contribution in [0.4, 0.5) is 0 Å². The minimum Gasteiger partial charge on any atom is -0.493 e. The predicted octanol–water partition coefficient (Wildman–Crippen LogP) is 6.72. The van der Waals surface area contributed by atoms with Gasteiger partial charge in [0.05, 0.1) is 18.1 Å². The number of carbonyl (C=O) groups is 2. The van der Waals surface area contributed by atoms with Gasteiger partial charge < -0.3 is 14.6 Å². The van der Waals surface area contributed by atoms with Crippen LogP contribution in [0.25, 0.3) is 6.08 Å². The monoisotopic (exact) mass is 541 g/mol. The first kappa shape index (κ1) is 28.7. The van der Waals surface area contributed by atoms with Gasteiger partial charge in [-0.05, 0) is 49.1 Å². The molecular formula is C29H35NO5S2. The molecule has 0 aliphatic carbocycles. The Morgan fingerprint density at radius 2 is 1.84 bits per heavy atom. The molecule has 2 atom stereocenters. The van der Waals surface area contributed by atoms with E-state index in [1.165, 1.54) is 30.6 Å². The van der Waals surface area contributed by atoms with Crippen molar-refractivity contribution in [3.8, 4) is 11.5 Å². The molecule has 0 saturated carbocycles. The fourth-order valence-corrected chi connectivity index (χ4v) is 5.57. The van der Waals surface area contributed by atoms with Crippen molar-refractivity contribution in [3.63, 3.8) is 0 Å². The second-order valence-electron chi connectivity index (χ2n) is 9.14. The highest BCUT2D eigenvalue weighted by Crippen LogP contribution is 2.36. The molecule has 6 nitrogen and oxygen atoms in total. The maximum Gasteiger partial charge on any atom is 0.327 e. The lowest BCUT2D eigenvalue weighted by atomic mass is 10.0. The first-order valence-corrected chi connectivity index (χ1v) is 13.9. The summed E-state index contributed by atoms with van der Waals surface area (Å²) >= 11 is 6.53. The van der Waals surface area contributed by atoms with Crippen LogP contribution in [0, 0.1) is 0 Å². The van der Waals surface area contributed by atoms with Gasteiger partial charge in [0.15, 0.2) is 11.5 Å². The zero-order valence-electron chi connectivity index (χ0n) is 21.6. The van der Waals surface area contributed by atoms with Gasteiger partial charge in [-0.2, -0.15) is 0 Å². The number of hydrogen-bond donors (Lipinski definition) is 1. The van der Waals surface area contributed by atoms with E-state index >= 15 is 0 Å². The number of nitrogens with zero attached hydrogens (tertiary/aromatic N) is 1. The molecule has 1 aliphatic rings. The van der Waals surface area contributed by atoms with Gasteiger partial charge in [0.2, 0.25) is 0 Å². The Bertz CT molecular complexity index is 1120. The van der Waals surface area contributed by atoms with Crippen LogP contribution in [0.3, 0.4) is 0 Å². The summed E-state index contributed by atoms with van der Waals surface area (Å²) in [5.41, 5.74) is 1.57. The number of carbonyl (C=O) groups excluding carboxylic acids is 1. The highest BCUT2D eigenvalue weighted by Gasteiger charge is 2.40. The van der Waals surface area contributed by atoms with Crippen molar-refractivity contribution < 1.29 is 24.2 Å². The fourth-order valence-electron chi connectivity index (χ4n) is 4.21. The molecule has 8 heteroatoms. The Morgan fingerprint density at radius 3 is 2.51 bits per heavy atom. The lowest BCUT2D eigenvalue weighted by Crippen LogP contribution is -2.45. The summed E-state index contributed by atoms with van der Waals surface area (Å²) in [5, 5.41) is 9.86. The average Bonchev–Trinajstić information content (AvgIpc) is 3.15. The van der Waals surface area contributed by atoms with Crippen molar-refractivity contribution in [2.24, 2.45) is 0 Å². The maximum absolute atomic E-state index is 13.2. The SMILES string of the molecule is CCCCCCCC(C)Oc1ccc(C=C2SC(=S)N(C(Cc3ccccc3)C(=O)O)C2=O)cc1OC. The fraction of sp³-hybridized carbons (Fsp3) is 0.414. The van der Waals surface area contributed by atoms with E-state index in [2.05, 4.69) is 13.8 Å². The minimum absolute atomic E-state index is 0.0650. The van der Waals surface area contributed by atoms with Crippen molar-refractivity contribution >= 4 is 46.3 Å². The molecule has 0 bridgehead atoms. The summed E-state index contributed by atoms with van der Waals surface area (Å²) in [4.78, 5) is 26.9. The summed E-state index contributed by atoms with van der Waals surface area (Å²) in [7, 11) is 1.59. The Balaban J connectivity index is 1.70. The molecule has 1 N–H and O–H groups in total. The van der Waals surface area contributed by atoms with Crippen LogP contribution < -0.4 is 9.47 Å². The third kappa shape index (κ3) is 8.07. The van der Waals surface area contributed by atoms with Gasteiger partial charge in [-0.1, -0.05) is 93.0 Å². The van der Waals surface area contributed by atoms with E-state index in [9.17, 15) is 14.7 Å². The number of carboxylic acid groups (broad SMARTS) is 1. The topological polar surface area (TPSA) is 76.1 Å². The van der Waals surface area contributed by atoms with E-state index in [4.69, 9.17) is 21.7 Å². The second-order valence-corrected chi connectivity index (χ2v) is 10.8. The van der Waals surface area contributed by atoms with Crippen LogP contribution in [-0.4, -0.2) is 45.5 Å². The molecule has 198 valence electrons. The largest absolute Gasteiger partial charge is 0.493 e. The Morgan fingerprint density at radius 1 is 1.11 bits per heavy atom. The number of carboxylic acids is 1. The smallest absolute Gasteiger partial charge is 0.327 e. The molecule has 0 aromatic heterocycles. The quantitative estimate of drug-likeness (QED) is 0.162. The van der Waals surface area contributed by atoms with E-state index in [0.717, 1.165) is 35.7 Å². The molecule has 1 heterocycles. The number of thiocarbonyl (C=S) groups is 1. The molecule has 1 saturated heterocycles. The van der Waals surface area contributed by atoms with Crippen molar-refractivity contribution in [2.75, 3.05) is 7.11 Å². The van der Waals surface area contributed by atoms with Gasteiger partial charge in [0.25, 0.3) is 5.91 Å². The van der Waals surface area contributed by atoms with Gasteiger partial charge in [0, 0.05) is 6.42 Å². The van der Waals surface area contributed by atoms with Gasteiger partial charge >= 0.3 is 5.97 Å². The third-order valence-corrected chi connectivity index (χ3v) is 7.55. The van der Waals surface area contributed by atoms with Crippen LogP contribution in [0.2, 0.25) is 0 Å². The number of unbranched alkanes of at least 4 members (excludes halogenated alkanes) is 4. The van der Waals surface area contributed by atoms with Crippen LogP contribution in [0.15, 0.2) is 53.4 Å². The van der Waals surface area contributed by atoms with Crippen molar-refractivity contribution in [1.29, 1.82) is 0 Å². The summed E-state index contributed by atoms with van der Waals surface area (Å²) in [6.45, 7) is 4.27. The summed E-state index contributed by atoms with van der Waals surface area (Å²) in [5.74, 6) is -0.269. The highest BCUT2D eigenvalue weighted by atomic mass is 32.2. The number of methoxy groups -OCH3 is 1. The molecule has 37 heavy (non-hydrogen) atoms. The number of thioether (sulfide) groups is 1. The van der Waals surface area contributed by atoms with E-state index in [1.54, 1.807) is 13.2 Å². The number of hydrogen-bond acceptors (Lipinski definition) is 6. The highest BCUT2D eigenvalue weighted by molar-refractivity contribution is 8.26. The van der Waals surface area contributed by atoms with Crippen molar-refractivity contribution in [2.45, 2.75) is 70.9 Å². The summed E-state index contributed by atoms with van der Waals surface area (Å²) in [6.07, 6.45) is 9.03. The predicted molar refractivity (Wildman–Crippen MR) is 153 cm³/mol. The molecule has 2 aromatic rings. The van der Waals surface area contributed by atoms with E-state index in [0.29, 0.717) is 16.4 Å². The zero-order valence-corrected chi connectivity index (χ0v) is 23.3. The maximum atomic E-state index is 13.2. The van der Waals surface area contributed by atoms with E-state index < -0.39 is 17.9 Å². The number of benzene rings is 2. The van der Waals surface area contributed by atoms with Gasteiger partial charge in [-0.3, -0.25) is 9.69 Å². The number of aliphatic carboxylic acids is 1. The Labute approximate surface area is 229 Å². The molecule has 0 radical (unpaired) electrons. The molecule has 0 spiro atoms. The summed E-state index contributed by atoms with van der Waals surface area (Å²) in [6, 6.07) is 13.7. The molecule has 1 fully saturated rings. The van der Waals surface area contributed by atoms with Gasteiger partial charge in [-0.15, -0.1) is 0 Å². The molecule has 1 amide bonds. The molecule has 1 aliphatic heterocycles. The minimum atomic E-state index is -1.09. The standard InChI is InChI=1S/C29H35NO5S2/c1-4-5-6-7-9-12-20(2)35-24-16-15-22(18-25(24)34-3)19-26-27(31)30(29(36)37-26)23(28(32)33)17-21-13-10-8-11-14-21/h8,10-11,13-16,18-20,23H,4-7,9,12,17H2,1-3H3,(H,32,33). The van der Waals surface area contributed by atoms with Crippen molar-refractivity contribution in [1.82, 2.24) is 4.90 Å². The van der Waals surface area contributed by atoms with Crippen molar-refractivity contribution in [3.05, 3.63) is 64.6 Å². The normalized spacial score (nSPS) is 16.2. The number of amides is 1. The van der Waals surface area contributed by atoms with Crippen LogP contribution in [0.1, 0.15) is 63.5 Å². The Kier molecular flexibility index (Phi) is 11.0. The number of ether oxygens (including phenoxy) is 2. The first-order chi connectivity index (χ1) is 17.8. The lowest BCUT2D eigenvalue weighted by molar-refractivity contribution is -0.145. The second kappa shape index (κ2) is 14.2.